The summed E-state index contributed by atoms with van der Waals surface area (Å²) in [6.45, 7) is 2.20. The Morgan fingerprint density at radius 3 is 2.80 bits per heavy atom. The van der Waals surface area contributed by atoms with Gasteiger partial charge in [0.25, 0.3) is 0 Å². The zero-order valence-electron chi connectivity index (χ0n) is 10.9. The summed E-state index contributed by atoms with van der Waals surface area (Å²) in [5.74, 6) is 0. The Morgan fingerprint density at radius 1 is 1.55 bits per heavy atom. The molecule has 0 aliphatic carbocycles. The molecule has 9 heteroatoms. The van der Waals surface area contributed by atoms with Gasteiger partial charge in [0.15, 0.2) is 0 Å². The molecule has 0 spiro atoms. The Labute approximate surface area is 135 Å². The first kappa shape index (κ1) is 16.0. The van der Waals surface area contributed by atoms with E-state index in [1.165, 1.54) is 6.07 Å². The topological polar surface area (TPSA) is 64.0 Å². The van der Waals surface area contributed by atoms with Gasteiger partial charge in [-0.15, -0.1) is 11.3 Å². The van der Waals surface area contributed by atoms with Crippen LogP contribution in [0.2, 0.25) is 5.02 Å². The summed E-state index contributed by atoms with van der Waals surface area (Å²) in [5, 5.41) is 4.67. The molecule has 0 atom stereocenters. The molecule has 0 aliphatic rings. The number of rotatable bonds is 5. The number of nitrogens with zero attached hydrogens (tertiary/aromatic N) is 2. The lowest BCUT2D eigenvalue weighted by molar-refractivity contribution is 0.583. The highest BCUT2D eigenvalue weighted by molar-refractivity contribution is 9.11. The van der Waals surface area contributed by atoms with Crippen LogP contribution in [0.4, 0.5) is 0 Å². The zero-order chi connectivity index (χ0) is 14.9. The molecule has 0 amide bonds. The molecule has 0 aromatic carbocycles. The summed E-state index contributed by atoms with van der Waals surface area (Å²) in [5.41, 5.74) is 1.76. The van der Waals surface area contributed by atoms with E-state index in [-0.39, 0.29) is 10.8 Å². The highest BCUT2D eigenvalue weighted by atomic mass is 79.9. The predicted octanol–water partition coefficient (Wildman–Crippen LogP) is 2.94. The SMILES string of the molecule is CCc1nn(C)cc1CNS(=O)(=O)c1cc(Cl)c(Br)s1. The van der Waals surface area contributed by atoms with E-state index in [0.717, 1.165) is 29.0 Å². The Kier molecular flexibility index (Phi) is 4.91. The normalized spacial score (nSPS) is 12.0. The van der Waals surface area contributed by atoms with Crippen LogP contribution in [0.25, 0.3) is 0 Å². The van der Waals surface area contributed by atoms with Crippen molar-refractivity contribution in [3.8, 4) is 0 Å². The Morgan fingerprint density at radius 2 is 2.25 bits per heavy atom. The minimum atomic E-state index is -3.56. The highest BCUT2D eigenvalue weighted by Gasteiger charge is 2.19. The third-order valence-electron chi connectivity index (χ3n) is 2.67. The van der Waals surface area contributed by atoms with Crippen LogP contribution in [0.15, 0.2) is 20.3 Å². The second-order valence-electron chi connectivity index (χ2n) is 4.14. The summed E-state index contributed by atoms with van der Waals surface area (Å²) in [7, 11) is -1.75. The number of sulfonamides is 1. The second-order valence-corrected chi connectivity index (χ2v) is 8.91. The molecule has 2 heterocycles. The van der Waals surface area contributed by atoms with E-state index in [2.05, 4.69) is 25.8 Å². The van der Waals surface area contributed by atoms with Gasteiger partial charge in [0.1, 0.15) is 4.21 Å². The van der Waals surface area contributed by atoms with Crippen LogP contribution in [-0.2, 0) is 30.0 Å². The standard InChI is InChI=1S/C11H13BrClN3O2S2/c1-3-9-7(6-16(2)15-9)5-14-20(17,18)10-4-8(13)11(12)19-10/h4,6,14H,3,5H2,1-2H3. The fraction of sp³-hybridized carbons (Fsp3) is 0.364. The quantitative estimate of drug-likeness (QED) is 0.842. The van der Waals surface area contributed by atoms with Gasteiger partial charge in [-0.2, -0.15) is 5.10 Å². The monoisotopic (exact) mass is 397 g/mol. The first-order chi connectivity index (χ1) is 9.33. The van der Waals surface area contributed by atoms with E-state index in [1.54, 1.807) is 4.68 Å². The summed E-state index contributed by atoms with van der Waals surface area (Å²) in [6, 6.07) is 1.43. The zero-order valence-corrected chi connectivity index (χ0v) is 14.8. The Hall–Kier alpha value is -0.410. The van der Waals surface area contributed by atoms with Crippen molar-refractivity contribution in [2.75, 3.05) is 0 Å². The third kappa shape index (κ3) is 3.43. The van der Waals surface area contributed by atoms with E-state index in [0.29, 0.717) is 8.81 Å². The number of nitrogens with one attached hydrogen (secondary N) is 1. The molecule has 0 saturated heterocycles. The molecule has 0 unspecified atom stereocenters. The van der Waals surface area contributed by atoms with Crippen molar-refractivity contribution in [3.63, 3.8) is 0 Å². The number of aromatic nitrogens is 2. The van der Waals surface area contributed by atoms with Gasteiger partial charge in [-0.25, -0.2) is 13.1 Å². The first-order valence-corrected chi connectivity index (χ1v) is 9.26. The first-order valence-electron chi connectivity index (χ1n) is 5.79. The fourth-order valence-electron chi connectivity index (χ4n) is 1.73. The molecule has 0 fully saturated rings. The summed E-state index contributed by atoms with van der Waals surface area (Å²) in [6.07, 6.45) is 2.58. The number of hydrogen-bond donors (Lipinski definition) is 1. The van der Waals surface area contributed by atoms with Gasteiger partial charge in [-0.3, -0.25) is 4.68 Å². The third-order valence-corrected chi connectivity index (χ3v) is 7.02. The van der Waals surface area contributed by atoms with E-state index in [4.69, 9.17) is 11.6 Å². The van der Waals surface area contributed by atoms with Crippen LogP contribution in [-0.4, -0.2) is 18.2 Å². The summed E-state index contributed by atoms with van der Waals surface area (Å²) < 4.78 is 29.4. The predicted molar refractivity (Wildman–Crippen MR) is 83.6 cm³/mol. The number of aryl methyl sites for hydroxylation is 2. The van der Waals surface area contributed by atoms with E-state index < -0.39 is 10.0 Å². The minimum absolute atomic E-state index is 0.191. The molecule has 110 valence electrons. The average molecular weight is 399 g/mol. The highest BCUT2D eigenvalue weighted by Crippen LogP contribution is 2.34. The fourth-order valence-corrected chi connectivity index (χ4v) is 5.18. The van der Waals surface area contributed by atoms with Gasteiger partial charge in [-0.1, -0.05) is 18.5 Å². The van der Waals surface area contributed by atoms with Crippen molar-refractivity contribution in [1.29, 1.82) is 0 Å². The van der Waals surface area contributed by atoms with Crippen molar-refractivity contribution in [3.05, 3.63) is 32.3 Å². The van der Waals surface area contributed by atoms with Crippen LogP contribution in [0, 0.1) is 0 Å². The maximum Gasteiger partial charge on any atom is 0.250 e. The van der Waals surface area contributed by atoms with Crippen molar-refractivity contribution in [1.82, 2.24) is 14.5 Å². The molecule has 0 bridgehead atoms. The number of thiophene rings is 1. The van der Waals surface area contributed by atoms with Crippen LogP contribution < -0.4 is 4.72 Å². The molecule has 2 aromatic rings. The molecular formula is C11H13BrClN3O2S2. The summed E-state index contributed by atoms with van der Waals surface area (Å²) >= 11 is 10.2. The lowest BCUT2D eigenvalue weighted by Crippen LogP contribution is -2.22. The van der Waals surface area contributed by atoms with Crippen LogP contribution in [0.1, 0.15) is 18.2 Å². The Balaban J connectivity index is 2.17. The van der Waals surface area contributed by atoms with Crippen molar-refractivity contribution in [2.45, 2.75) is 24.1 Å². The van der Waals surface area contributed by atoms with E-state index in [1.807, 2.05) is 20.2 Å². The van der Waals surface area contributed by atoms with Gasteiger partial charge < -0.3 is 0 Å². The number of hydrogen-bond acceptors (Lipinski definition) is 4. The maximum absolute atomic E-state index is 12.2. The molecule has 0 radical (unpaired) electrons. The summed E-state index contributed by atoms with van der Waals surface area (Å²) in [4.78, 5) is 0. The van der Waals surface area contributed by atoms with Gasteiger partial charge in [0.2, 0.25) is 10.0 Å². The van der Waals surface area contributed by atoms with Gasteiger partial charge >= 0.3 is 0 Å². The number of halogens is 2. The lowest BCUT2D eigenvalue weighted by Gasteiger charge is -2.04. The lowest BCUT2D eigenvalue weighted by atomic mass is 10.2. The van der Waals surface area contributed by atoms with Crippen molar-refractivity contribution < 1.29 is 8.42 Å². The van der Waals surface area contributed by atoms with Crippen molar-refractivity contribution >= 4 is 48.9 Å². The maximum atomic E-state index is 12.2. The smallest absolute Gasteiger partial charge is 0.250 e. The van der Waals surface area contributed by atoms with Gasteiger partial charge in [0, 0.05) is 25.4 Å². The molecular weight excluding hydrogens is 386 g/mol. The van der Waals surface area contributed by atoms with Crippen LogP contribution in [0.5, 0.6) is 0 Å². The van der Waals surface area contributed by atoms with Crippen LogP contribution in [0.3, 0.4) is 0 Å². The van der Waals surface area contributed by atoms with Crippen LogP contribution >= 0.6 is 38.9 Å². The molecule has 2 aromatic heterocycles. The second kappa shape index (κ2) is 6.15. The molecule has 2 rings (SSSR count). The van der Waals surface area contributed by atoms with E-state index in [9.17, 15) is 8.42 Å². The van der Waals surface area contributed by atoms with Gasteiger partial charge in [0.05, 0.1) is 14.5 Å². The van der Waals surface area contributed by atoms with Gasteiger partial charge in [-0.05, 0) is 28.4 Å². The average Bonchev–Trinajstić information content (AvgIpc) is 2.91. The molecule has 1 N–H and O–H groups in total. The minimum Gasteiger partial charge on any atom is -0.275 e. The van der Waals surface area contributed by atoms with E-state index >= 15 is 0 Å². The molecule has 20 heavy (non-hydrogen) atoms. The molecule has 5 nitrogen and oxygen atoms in total. The van der Waals surface area contributed by atoms with Crippen molar-refractivity contribution in [2.24, 2.45) is 7.05 Å². The molecule has 0 aliphatic heterocycles. The largest absolute Gasteiger partial charge is 0.275 e. The Bertz CT molecular complexity index is 705. The molecule has 0 saturated carbocycles.